The molecule has 29 heavy (non-hydrogen) atoms. The summed E-state index contributed by atoms with van der Waals surface area (Å²) in [6.45, 7) is 10.4. The van der Waals surface area contributed by atoms with E-state index in [1.54, 1.807) is 12.1 Å². The molecule has 0 unspecified atom stereocenters. The second kappa shape index (κ2) is 7.32. The molecule has 0 fully saturated rings. The quantitative estimate of drug-likeness (QED) is 0.443. The maximum absolute atomic E-state index is 13.4. The first-order valence-corrected chi connectivity index (χ1v) is 9.84. The van der Waals surface area contributed by atoms with Crippen LogP contribution in [0.15, 0.2) is 48.5 Å². The number of fused-ring (bicyclic) bond motifs is 1. The van der Waals surface area contributed by atoms with Crippen LogP contribution < -0.4 is 5.32 Å². The van der Waals surface area contributed by atoms with Gasteiger partial charge in [0.2, 0.25) is 0 Å². The molecular formula is C24H25FN4. The van der Waals surface area contributed by atoms with Crippen LogP contribution in [-0.4, -0.2) is 14.5 Å². The molecule has 2 heterocycles. The molecule has 0 atom stereocenters. The van der Waals surface area contributed by atoms with Gasteiger partial charge < -0.3 is 5.32 Å². The number of nitrogens with zero attached hydrogens (tertiary/aromatic N) is 3. The van der Waals surface area contributed by atoms with Crippen LogP contribution in [0.4, 0.5) is 15.9 Å². The summed E-state index contributed by atoms with van der Waals surface area (Å²) >= 11 is 0. The second-order valence-electron chi connectivity index (χ2n) is 7.74. The summed E-state index contributed by atoms with van der Waals surface area (Å²) in [5.41, 5.74) is 6.15. The first-order chi connectivity index (χ1) is 13.8. The molecule has 0 saturated heterocycles. The Hall–Kier alpha value is -3.21. The maximum atomic E-state index is 13.4. The van der Waals surface area contributed by atoms with Crippen LogP contribution in [0, 0.1) is 26.6 Å². The Morgan fingerprint density at radius 2 is 1.55 bits per heavy atom. The highest BCUT2D eigenvalue weighted by atomic mass is 19.1. The summed E-state index contributed by atoms with van der Waals surface area (Å²) < 4.78 is 15.5. The van der Waals surface area contributed by atoms with Gasteiger partial charge in [0.1, 0.15) is 17.5 Å². The average Bonchev–Trinajstić information content (AvgIpc) is 2.93. The Morgan fingerprint density at radius 1 is 0.897 bits per heavy atom. The molecule has 4 nitrogen and oxygen atoms in total. The number of aromatic nitrogens is 3. The number of halogens is 1. The second-order valence-corrected chi connectivity index (χ2v) is 7.74. The predicted octanol–water partition coefficient (Wildman–Crippen LogP) is 6.35. The van der Waals surface area contributed by atoms with E-state index in [1.807, 2.05) is 6.92 Å². The molecule has 148 valence electrons. The fraction of sp³-hybridized carbons (Fsp3) is 0.250. The van der Waals surface area contributed by atoms with Crippen molar-refractivity contribution < 1.29 is 4.39 Å². The number of nitrogens with one attached hydrogen (secondary N) is 1. The Morgan fingerprint density at radius 3 is 2.17 bits per heavy atom. The van der Waals surface area contributed by atoms with Crippen LogP contribution >= 0.6 is 0 Å². The SMILES string of the molecule is Cc1nc(Nc2ccc(C(C)C)cc2)c2c(C)c(C)n(-c3ccc(F)cc3)c2n1. The van der Waals surface area contributed by atoms with Crippen molar-refractivity contribution in [2.24, 2.45) is 0 Å². The Kier molecular flexibility index (Phi) is 4.82. The smallest absolute Gasteiger partial charge is 0.150 e. The molecule has 0 radical (unpaired) electrons. The third-order valence-electron chi connectivity index (χ3n) is 5.39. The maximum Gasteiger partial charge on any atom is 0.150 e. The van der Waals surface area contributed by atoms with Crippen molar-refractivity contribution in [3.63, 3.8) is 0 Å². The van der Waals surface area contributed by atoms with Crippen molar-refractivity contribution in [3.8, 4) is 5.69 Å². The normalized spacial score (nSPS) is 11.4. The van der Waals surface area contributed by atoms with E-state index in [0.29, 0.717) is 11.7 Å². The van der Waals surface area contributed by atoms with Gasteiger partial charge in [0.15, 0.2) is 5.65 Å². The lowest BCUT2D eigenvalue weighted by atomic mass is 10.0. The van der Waals surface area contributed by atoms with E-state index in [9.17, 15) is 4.39 Å². The lowest BCUT2D eigenvalue weighted by Gasteiger charge is -2.11. The zero-order chi connectivity index (χ0) is 20.7. The number of anilines is 2. The number of aryl methyl sites for hydroxylation is 2. The molecule has 1 N–H and O–H groups in total. The molecule has 2 aromatic carbocycles. The van der Waals surface area contributed by atoms with Crippen LogP contribution in [0.1, 0.15) is 42.4 Å². The van der Waals surface area contributed by atoms with E-state index in [2.05, 4.69) is 66.8 Å². The van der Waals surface area contributed by atoms with Gasteiger partial charge in [-0.05, 0) is 74.2 Å². The molecule has 4 aromatic rings. The standard InChI is InChI=1S/C24H25FN4/c1-14(2)18-6-10-20(11-7-18)28-23-22-15(3)16(4)29(24(22)27-17(5)26-23)21-12-8-19(25)9-13-21/h6-14H,1-5H3,(H,26,27,28). The minimum Gasteiger partial charge on any atom is -0.340 e. The highest BCUT2D eigenvalue weighted by Crippen LogP contribution is 2.33. The zero-order valence-electron chi connectivity index (χ0n) is 17.4. The fourth-order valence-corrected chi connectivity index (χ4v) is 3.66. The van der Waals surface area contributed by atoms with Gasteiger partial charge in [-0.3, -0.25) is 4.57 Å². The molecular weight excluding hydrogens is 363 g/mol. The van der Waals surface area contributed by atoms with Gasteiger partial charge in [0.05, 0.1) is 5.39 Å². The van der Waals surface area contributed by atoms with Crippen molar-refractivity contribution in [1.29, 1.82) is 0 Å². The molecule has 0 aliphatic carbocycles. The third-order valence-corrected chi connectivity index (χ3v) is 5.39. The monoisotopic (exact) mass is 388 g/mol. The molecule has 5 heteroatoms. The molecule has 0 aliphatic heterocycles. The van der Waals surface area contributed by atoms with Gasteiger partial charge in [-0.15, -0.1) is 0 Å². The Labute approximate surface area is 170 Å². The van der Waals surface area contributed by atoms with E-state index < -0.39 is 0 Å². The van der Waals surface area contributed by atoms with Gasteiger partial charge in [-0.1, -0.05) is 26.0 Å². The number of hydrogen-bond donors (Lipinski definition) is 1. The minimum absolute atomic E-state index is 0.252. The average molecular weight is 388 g/mol. The summed E-state index contributed by atoms with van der Waals surface area (Å²) in [4.78, 5) is 9.40. The lowest BCUT2D eigenvalue weighted by molar-refractivity contribution is 0.627. The van der Waals surface area contributed by atoms with Crippen LogP contribution in [0.3, 0.4) is 0 Å². The zero-order valence-corrected chi connectivity index (χ0v) is 17.4. The summed E-state index contributed by atoms with van der Waals surface area (Å²) in [6.07, 6.45) is 0. The largest absolute Gasteiger partial charge is 0.340 e. The summed E-state index contributed by atoms with van der Waals surface area (Å²) in [5, 5.41) is 4.45. The minimum atomic E-state index is -0.252. The van der Waals surface area contributed by atoms with Crippen molar-refractivity contribution in [2.75, 3.05) is 5.32 Å². The first-order valence-electron chi connectivity index (χ1n) is 9.84. The van der Waals surface area contributed by atoms with Gasteiger partial charge in [0.25, 0.3) is 0 Å². The van der Waals surface area contributed by atoms with Gasteiger partial charge in [-0.25, -0.2) is 14.4 Å². The third kappa shape index (κ3) is 3.48. The van der Waals surface area contributed by atoms with Crippen molar-refractivity contribution in [1.82, 2.24) is 14.5 Å². The van der Waals surface area contributed by atoms with E-state index in [4.69, 9.17) is 4.98 Å². The Balaban J connectivity index is 1.85. The van der Waals surface area contributed by atoms with Gasteiger partial charge in [-0.2, -0.15) is 0 Å². The summed E-state index contributed by atoms with van der Waals surface area (Å²) in [7, 11) is 0. The first kappa shape index (κ1) is 19.1. The van der Waals surface area contributed by atoms with Crippen LogP contribution in [0.5, 0.6) is 0 Å². The fourth-order valence-electron chi connectivity index (χ4n) is 3.66. The lowest BCUT2D eigenvalue weighted by Crippen LogP contribution is -2.02. The van der Waals surface area contributed by atoms with E-state index in [0.717, 1.165) is 39.5 Å². The van der Waals surface area contributed by atoms with E-state index in [1.165, 1.54) is 17.7 Å². The molecule has 0 saturated carbocycles. The van der Waals surface area contributed by atoms with Crippen molar-refractivity contribution >= 4 is 22.5 Å². The van der Waals surface area contributed by atoms with Crippen molar-refractivity contribution in [2.45, 2.75) is 40.5 Å². The number of rotatable bonds is 4. The van der Waals surface area contributed by atoms with Gasteiger partial charge in [0, 0.05) is 17.1 Å². The van der Waals surface area contributed by atoms with Gasteiger partial charge >= 0.3 is 0 Å². The highest BCUT2D eigenvalue weighted by molar-refractivity contribution is 5.94. The number of benzene rings is 2. The predicted molar refractivity (Wildman–Crippen MR) is 117 cm³/mol. The highest BCUT2D eigenvalue weighted by Gasteiger charge is 2.19. The molecule has 0 aliphatic rings. The molecule has 0 bridgehead atoms. The summed E-state index contributed by atoms with van der Waals surface area (Å²) in [5.74, 6) is 1.70. The van der Waals surface area contributed by atoms with Crippen LogP contribution in [0.2, 0.25) is 0 Å². The molecule has 2 aromatic heterocycles. The topological polar surface area (TPSA) is 42.7 Å². The molecule has 4 rings (SSSR count). The van der Waals surface area contributed by atoms with E-state index >= 15 is 0 Å². The van der Waals surface area contributed by atoms with Crippen molar-refractivity contribution in [3.05, 3.63) is 77.0 Å². The summed E-state index contributed by atoms with van der Waals surface area (Å²) in [6, 6.07) is 14.9. The van der Waals surface area contributed by atoms with Crippen LogP contribution in [-0.2, 0) is 0 Å². The molecule has 0 amide bonds. The molecule has 0 spiro atoms. The Bertz CT molecular complexity index is 1170. The van der Waals surface area contributed by atoms with E-state index in [-0.39, 0.29) is 5.82 Å². The van der Waals surface area contributed by atoms with Crippen LogP contribution in [0.25, 0.3) is 16.7 Å². The number of hydrogen-bond acceptors (Lipinski definition) is 3.